The number of nitrogens with one attached hydrogen (secondary N) is 6. The minimum absolute atomic E-state index is 0.0169. The van der Waals surface area contributed by atoms with Gasteiger partial charge in [-0.05, 0) is 38.2 Å². The first-order valence-electron chi connectivity index (χ1n) is 16.5. The Balaban J connectivity index is 1.87. The van der Waals surface area contributed by atoms with Gasteiger partial charge in [0.25, 0.3) is 5.91 Å². The Bertz CT molecular complexity index is 1490. The molecule has 286 valence electrons. The van der Waals surface area contributed by atoms with Crippen LogP contribution < -0.4 is 43.8 Å². The van der Waals surface area contributed by atoms with Crippen molar-refractivity contribution in [1.29, 1.82) is 0 Å². The summed E-state index contributed by atoms with van der Waals surface area (Å²) in [4.78, 5) is 112. The summed E-state index contributed by atoms with van der Waals surface area (Å²) in [5, 5.41) is 22.0. The molecule has 0 radical (unpaired) electrons. The van der Waals surface area contributed by atoms with Crippen molar-refractivity contribution in [2.24, 2.45) is 22.2 Å². The van der Waals surface area contributed by atoms with Crippen LogP contribution in [0.5, 0.6) is 0 Å². The highest BCUT2D eigenvalue weighted by atomic mass is 33.1. The fourth-order valence-electron chi connectivity index (χ4n) is 5.41. The third kappa shape index (κ3) is 13.3. The number of guanidine groups is 1. The van der Waals surface area contributed by atoms with Crippen LogP contribution in [0.4, 0.5) is 0 Å². The van der Waals surface area contributed by atoms with Crippen LogP contribution in [0, 0.1) is 0 Å². The lowest BCUT2D eigenvalue weighted by atomic mass is 10.1. The Morgan fingerprint density at radius 2 is 1.67 bits per heavy atom. The van der Waals surface area contributed by atoms with Gasteiger partial charge in [0.15, 0.2) is 5.96 Å². The Morgan fingerprint density at radius 1 is 0.923 bits per heavy atom. The molecule has 0 aromatic carbocycles. The van der Waals surface area contributed by atoms with E-state index in [1.807, 2.05) is 0 Å². The number of aromatic nitrogens is 1. The lowest BCUT2D eigenvalue weighted by molar-refractivity contribution is -0.143. The van der Waals surface area contributed by atoms with Crippen molar-refractivity contribution < 1.29 is 43.5 Å². The first kappa shape index (κ1) is 41.4. The van der Waals surface area contributed by atoms with E-state index < -0.39 is 90.5 Å². The van der Waals surface area contributed by atoms with Crippen LogP contribution in [0.1, 0.15) is 56.6 Å². The summed E-state index contributed by atoms with van der Waals surface area (Å²) < 4.78 is 0. The Hall–Kier alpha value is -4.99. The van der Waals surface area contributed by atoms with Gasteiger partial charge in [0.05, 0.1) is 13.0 Å². The van der Waals surface area contributed by atoms with Crippen molar-refractivity contribution in [3.63, 3.8) is 0 Å². The van der Waals surface area contributed by atoms with Gasteiger partial charge in [-0.1, -0.05) is 21.6 Å². The molecular formula is C30H45N11O9S2. The highest BCUT2D eigenvalue weighted by Crippen LogP contribution is 2.26. The standard InChI is InChI=1S/C30H45N11O9S2/c31-25(46)19-15-52-51-11-7-21(42)37-17(4-1-2-8-35-30(32)33)26(47)36-14-22(43)38-18(12-23(44)45)27(48)40-24(16-6-9-34-13-16)29(50)41-10-3-5-20(41)28(49)39-19/h6,9,13,17-20,24,34H,1-5,7-8,10-12,14-15H2,(H2,31,46)(H,36,47)(H,37,42)(H,38,43)(H,39,49)(H,40,48)(H,44,45)(H4,32,33,35)/t17-,18-,19?,20-,24+/m0/s1. The molecule has 13 N–H and O–H groups in total. The van der Waals surface area contributed by atoms with E-state index in [9.17, 15) is 43.5 Å². The lowest BCUT2D eigenvalue weighted by Crippen LogP contribution is -2.56. The van der Waals surface area contributed by atoms with E-state index in [4.69, 9.17) is 17.2 Å². The normalized spacial score (nSPS) is 24.7. The predicted molar refractivity (Wildman–Crippen MR) is 191 cm³/mol. The van der Waals surface area contributed by atoms with Gasteiger partial charge in [-0.25, -0.2) is 0 Å². The van der Waals surface area contributed by atoms with Crippen molar-refractivity contribution in [3.05, 3.63) is 24.0 Å². The molecule has 22 heteroatoms. The monoisotopic (exact) mass is 767 g/mol. The zero-order chi connectivity index (χ0) is 38.2. The van der Waals surface area contributed by atoms with Crippen molar-refractivity contribution in [3.8, 4) is 0 Å². The highest BCUT2D eigenvalue weighted by Gasteiger charge is 2.40. The largest absolute Gasteiger partial charge is 0.481 e. The van der Waals surface area contributed by atoms with Crippen LogP contribution in [0.15, 0.2) is 23.5 Å². The van der Waals surface area contributed by atoms with Gasteiger partial charge in [0, 0.05) is 49.0 Å². The minimum Gasteiger partial charge on any atom is -0.481 e. The van der Waals surface area contributed by atoms with Crippen LogP contribution in [-0.4, -0.2) is 124 Å². The van der Waals surface area contributed by atoms with Gasteiger partial charge in [0.1, 0.15) is 30.2 Å². The van der Waals surface area contributed by atoms with Crippen molar-refractivity contribution in [2.75, 3.05) is 31.1 Å². The van der Waals surface area contributed by atoms with Crippen molar-refractivity contribution >= 4 is 74.9 Å². The minimum atomic E-state index is -1.67. The molecule has 7 amide bonds. The third-order valence-electron chi connectivity index (χ3n) is 8.02. The molecule has 2 aliphatic heterocycles. The SMILES string of the molecule is NC(=O)C1CSSCCC(=O)N[C@@H](CCCCN=C(N)N)C(=O)NCC(=O)N[C@@H](CC(=O)O)C(=O)N[C@H](c2cc[nH]c2)C(=O)N2CCC[C@H]2C(=O)N1. The maximum absolute atomic E-state index is 14.0. The summed E-state index contributed by atoms with van der Waals surface area (Å²) in [7, 11) is 2.44. The molecule has 1 aromatic rings. The van der Waals surface area contributed by atoms with Gasteiger partial charge >= 0.3 is 5.97 Å². The molecule has 3 rings (SSSR count). The van der Waals surface area contributed by atoms with E-state index in [0.717, 1.165) is 0 Å². The second-order valence-electron chi connectivity index (χ2n) is 12.0. The fraction of sp³-hybridized carbons (Fsp3) is 0.567. The average molecular weight is 768 g/mol. The van der Waals surface area contributed by atoms with E-state index in [2.05, 4.69) is 36.6 Å². The van der Waals surface area contributed by atoms with Crippen LogP contribution in [-0.2, 0) is 38.4 Å². The van der Waals surface area contributed by atoms with Crippen molar-refractivity contribution in [1.82, 2.24) is 36.5 Å². The summed E-state index contributed by atoms with van der Waals surface area (Å²) >= 11 is 0. The van der Waals surface area contributed by atoms with Gasteiger partial charge in [0.2, 0.25) is 35.4 Å². The van der Waals surface area contributed by atoms with Gasteiger partial charge in [-0.3, -0.25) is 43.3 Å². The lowest BCUT2D eigenvalue weighted by Gasteiger charge is -2.30. The molecule has 2 saturated heterocycles. The highest BCUT2D eigenvalue weighted by molar-refractivity contribution is 8.76. The maximum atomic E-state index is 14.0. The van der Waals surface area contributed by atoms with E-state index in [-0.39, 0.29) is 55.4 Å². The molecule has 3 heterocycles. The number of fused-ring (bicyclic) bond motifs is 1. The Kier molecular flexibility index (Phi) is 16.5. The van der Waals surface area contributed by atoms with E-state index in [1.165, 1.54) is 44.9 Å². The predicted octanol–water partition coefficient (Wildman–Crippen LogP) is -3.08. The Morgan fingerprint density at radius 3 is 2.35 bits per heavy atom. The molecule has 20 nitrogen and oxygen atoms in total. The zero-order valence-corrected chi connectivity index (χ0v) is 29.9. The van der Waals surface area contributed by atoms with Crippen LogP contribution in [0.25, 0.3) is 0 Å². The number of hydrogen-bond acceptors (Lipinski definition) is 11. The first-order valence-corrected chi connectivity index (χ1v) is 19.0. The molecule has 0 saturated carbocycles. The number of amides is 7. The number of carbonyl (C=O) groups is 8. The number of H-pyrrole nitrogens is 1. The summed E-state index contributed by atoms with van der Waals surface area (Å²) in [6, 6.07) is -4.73. The topological polar surface area (TPSA) is 326 Å². The molecule has 1 unspecified atom stereocenters. The van der Waals surface area contributed by atoms with E-state index in [0.29, 0.717) is 19.3 Å². The van der Waals surface area contributed by atoms with Crippen LogP contribution in [0.3, 0.4) is 0 Å². The van der Waals surface area contributed by atoms with Crippen LogP contribution in [0.2, 0.25) is 0 Å². The second kappa shape index (κ2) is 20.8. The number of carbonyl (C=O) groups excluding carboxylic acids is 7. The van der Waals surface area contributed by atoms with Gasteiger partial charge < -0.3 is 58.8 Å². The fourth-order valence-corrected chi connectivity index (χ4v) is 7.58. The Labute approximate surface area is 306 Å². The molecule has 0 aliphatic carbocycles. The average Bonchev–Trinajstić information content (AvgIpc) is 3.80. The van der Waals surface area contributed by atoms with Gasteiger partial charge in [-0.2, -0.15) is 0 Å². The number of nitrogens with zero attached hydrogens (tertiary/aromatic N) is 2. The zero-order valence-electron chi connectivity index (χ0n) is 28.3. The number of carboxylic acid groups (broad SMARTS) is 1. The molecule has 52 heavy (non-hydrogen) atoms. The smallest absolute Gasteiger partial charge is 0.305 e. The number of carboxylic acids is 1. The number of primary amides is 1. The number of aliphatic carboxylic acids is 1. The summed E-state index contributed by atoms with van der Waals surface area (Å²) in [5.41, 5.74) is 16.5. The number of rotatable bonds is 9. The maximum Gasteiger partial charge on any atom is 0.305 e. The molecule has 2 aliphatic rings. The van der Waals surface area contributed by atoms with Crippen LogP contribution >= 0.6 is 21.6 Å². The molecule has 0 bridgehead atoms. The quantitative estimate of drug-likeness (QED) is 0.0517. The summed E-state index contributed by atoms with van der Waals surface area (Å²) in [6.07, 6.45) is 3.82. The number of aliphatic imine (C=N–C) groups is 1. The number of unbranched alkanes of at least 4 members (excludes halogenated alkanes) is 1. The molecule has 0 spiro atoms. The summed E-state index contributed by atoms with van der Waals surface area (Å²) in [5.74, 6) is -6.43. The molecule has 5 atom stereocenters. The first-order chi connectivity index (χ1) is 24.8. The number of hydrogen-bond donors (Lipinski definition) is 10. The number of aromatic amines is 1. The number of nitrogens with two attached hydrogens (primary N) is 3. The van der Waals surface area contributed by atoms with Crippen molar-refractivity contribution in [2.45, 2.75) is 75.2 Å². The molecule has 1 aromatic heterocycles. The van der Waals surface area contributed by atoms with Gasteiger partial charge in [-0.15, -0.1) is 0 Å². The third-order valence-corrected chi connectivity index (χ3v) is 10.4. The molecular weight excluding hydrogens is 723 g/mol. The molecule has 2 fully saturated rings. The van der Waals surface area contributed by atoms with E-state index in [1.54, 1.807) is 0 Å². The summed E-state index contributed by atoms with van der Waals surface area (Å²) in [6.45, 7) is -0.232. The van der Waals surface area contributed by atoms with E-state index >= 15 is 0 Å². The second-order valence-corrected chi connectivity index (χ2v) is 14.6.